The Morgan fingerprint density at radius 3 is 2.13 bits per heavy atom. The van der Waals surface area contributed by atoms with Crippen molar-refractivity contribution in [1.29, 1.82) is 0 Å². The van der Waals surface area contributed by atoms with Crippen molar-refractivity contribution in [3.05, 3.63) is 59.2 Å². The summed E-state index contributed by atoms with van der Waals surface area (Å²) < 4.78 is 5.58. The van der Waals surface area contributed by atoms with Crippen LogP contribution in [0.4, 0.5) is 5.69 Å². The zero-order valence-electron chi connectivity index (χ0n) is 14.7. The Balaban J connectivity index is 1.99. The summed E-state index contributed by atoms with van der Waals surface area (Å²) in [5, 5.41) is 3.50. The Kier molecular flexibility index (Phi) is 6.48. The van der Waals surface area contributed by atoms with Gasteiger partial charge in [0.25, 0.3) is 0 Å². The molecule has 0 spiro atoms. The van der Waals surface area contributed by atoms with Crippen molar-refractivity contribution in [2.45, 2.75) is 33.9 Å². The highest BCUT2D eigenvalue weighted by atomic mass is 16.5. The predicted octanol–water partition coefficient (Wildman–Crippen LogP) is 4.14. The lowest BCUT2D eigenvalue weighted by atomic mass is 10.1. The van der Waals surface area contributed by atoms with E-state index in [-0.39, 0.29) is 0 Å². The number of aryl methyl sites for hydroxylation is 1. The predicted molar refractivity (Wildman–Crippen MR) is 98.3 cm³/mol. The highest BCUT2D eigenvalue weighted by molar-refractivity contribution is 5.59. The van der Waals surface area contributed by atoms with E-state index in [1.807, 2.05) is 0 Å². The molecular weight excluding hydrogens is 284 g/mol. The van der Waals surface area contributed by atoms with E-state index < -0.39 is 0 Å². The summed E-state index contributed by atoms with van der Waals surface area (Å²) in [7, 11) is 1.74. The molecule has 0 aliphatic heterocycles. The number of hydrogen-bond donors (Lipinski definition) is 1. The van der Waals surface area contributed by atoms with Crippen molar-refractivity contribution in [2.24, 2.45) is 0 Å². The molecule has 0 aliphatic rings. The molecule has 3 nitrogen and oxygen atoms in total. The molecule has 0 aromatic heterocycles. The summed E-state index contributed by atoms with van der Waals surface area (Å²) in [5.74, 6) is 0.948. The van der Waals surface area contributed by atoms with Crippen LogP contribution in [0, 0.1) is 6.92 Å². The van der Waals surface area contributed by atoms with Gasteiger partial charge in [-0.3, -0.25) is 0 Å². The first-order chi connectivity index (χ1) is 11.2. The molecule has 3 heteroatoms. The van der Waals surface area contributed by atoms with Crippen molar-refractivity contribution in [1.82, 2.24) is 5.32 Å². The molecule has 0 saturated heterocycles. The molecule has 0 heterocycles. The molecule has 2 aromatic rings. The Hall–Kier alpha value is -2.00. The van der Waals surface area contributed by atoms with Crippen molar-refractivity contribution in [3.8, 4) is 5.75 Å². The normalized spacial score (nSPS) is 10.6. The molecule has 0 aliphatic carbocycles. The SMILES string of the molecule is CCN(CC)c1ccc(CNCc2ccc(C)cc2)cc1OC. The molecule has 1 N–H and O–H groups in total. The van der Waals surface area contributed by atoms with Gasteiger partial charge in [0.15, 0.2) is 0 Å². The standard InChI is InChI=1S/C20H28N2O/c1-5-22(6-2)19-12-11-18(13-20(19)23-4)15-21-14-17-9-7-16(3)8-10-17/h7-13,21H,5-6,14-15H2,1-4H3. The maximum atomic E-state index is 5.58. The molecule has 2 aromatic carbocycles. The van der Waals surface area contributed by atoms with Crippen LogP contribution in [0.5, 0.6) is 5.75 Å². The zero-order valence-corrected chi connectivity index (χ0v) is 14.7. The van der Waals surface area contributed by atoms with E-state index >= 15 is 0 Å². The molecule has 0 amide bonds. The largest absolute Gasteiger partial charge is 0.495 e. The minimum absolute atomic E-state index is 0.836. The summed E-state index contributed by atoms with van der Waals surface area (Å²) in [6.45, 7) is 10.1. The van der Waals surface area contributed by atoms with Crippen molar-refractivity contribution < 1.29 is 4.74 Å². The lowest BCUT2D eigenvalue weighted by molar-refractivity contribution is 0.413. The summed E-state index contributed by atoms with van der Waals surface area (Å²) in [5.41, 5.74) is 5.01. The van der Waals surface area contributed by atoms with Crippen LogP contribution in [0.1, 0.15) is 30.5 Å². The van der Waals surface area contributed by atoms with Crippen molar-refractivity contribution >= 4 is 5.69 Å². The number of ether oxygens (including phenoxy) is 1. The summed E-state index contributed by atoms with van der Waals surface area (Å²) in [4.78, 5) is 2.31. The van der Waals surface area contributed by atoms with Crippen LogP contribution in [0.25, 0.3) is 0 Å². The van der Waals surface area contributed by atoms with Crippen molar-refractivity contribution in [2.75, 3.05) is 25.1 Å². The second-order valence-corrected chi connectivity index (χ2v) is 5.77. The van der Waals surface area contributed by atoms with Gasteiger partial charge in [-0.2, -0.15) is 0 Å². The van der Waals surface area contributed by atoms with E-state index in [9.17, 15) is 0 Å². The summed E-state index contributed by atoms with van der Waals surface area (Å²) >= 11 is 0. The van der Waals surface area contributed by atoms with Crippen LogP contribution >= 0.6 is 0 Å². The molecule has 124 valence electrons. The molecule has 23 heavy (non-hydrogen) atoms. The number of nitrogens with zero attached hydrogens (tertiary/aromatic N) is 1. The van der Waals surface area contributed by atoms with Crippen LogP contribution in [-0.2, 0) is 13.1 Å². The minimum atomic E-state index is 0.836. The third-order valence-corrected chi connectivity index (χ3v) is 4.13. The Morgan fingerprint density at radius 1 is 0.913 bits per heavy atom. The Morgan fingerprint density at radius 2 is 1.52 bits per heavy atom. The quantitative estimate of drug-likeness (QED) is 0.793. The maximum absolute atomic E-state index is 5.58. The molecule has 2 rings (SSSR count). The fourth-order valence-corrected chi connectivity index (χ4v) is 2.71. The number of benzene rings is 2. The highest BCUT2D eigenvalue weighted by Crippen LogP contribution is 2.29. The summed E-state index contributed by atoms with van der Waals surface area (Å²) in [6.07, 6.45) is 0. The van der Waals surface area contributed by atoms with Gasteiger partial charge >= 0.3 is 0 Å². The zero-order chi connectivity index (χ0) is 16.7. The molecular formula is C20H28N2O. The first-order valence-corrected chi connectivity index (χ1v) is 8.36. The Labute approximate surface area is 140 Å². The van der Waals surface area contributed by atoms with Crippen LogP contribution in [0.2, 0.25) is 0 Å². The number of anilines is 1. The first kappa shape index (κ1) is 17.4. The van der Waals surface area contributed by atoms with Gasteiger partial charge in [-0.25, -0.2) is 0 Å². The fourth-order valence-electron chi connectivity index (χ4n) is 2.71. The highest BCUT2D eigenvalue weighted by Gasteiger charge is 2.09. The van der Waals surface area contributed by atoms with Crippen LogP contribution in [-0.4, -0.2) is 20.2 Å². The van der Waals surface area contributed by atoms with Crippen molar-refractivity contribution in [3.63, 3.8) is 0 Å². The average molecular weight is 312 g/mol. The number of hydrogen-bond acceptors (Lipinski definition) is 3. The molecule has 0 fully saturated rings. The van der Waals surface area contributed by atoms with Crippen LogP contribution in [0.15, 0.2) is 42.5 Å². The average Bonchev–Trinajstić information content (AvgIpc) is 2.58. The number of rotatable bonds is 8. The van der Waals surface area contributed by atoms with Gasteiger partial charge < -0.3 is 15.0 Å². The fraction of sp³-hybridized carbons (Fsp3) is 0.400. The third kappa shape index (κ3) is 4.73. The van der Waals surface area contributed by atoms with E-state index in [0.29, 0.717) is 0 Å². The van der Waals surface area contributed by atoms with Crippen LogP contribution < -0.4 is 15.0 Å². The second-order valence-electron chi connectivity index (χ2n) is 5.77. The molecule has 0 bridgehead atoms. The van der Waals surface area contributed by atoms with E-state index in [0.717, 1.165) is 31.9 Å². The monoisotopic (exact) mass is 312 g/mol. The third-order valence-electron chi connectivity index (χ3n) is 4.13. The van der Waals surface area contributed by atoms with Gasteiger partial charge in [0.05, 0.1) is 12.8 Å². The molecule has 0 saturated carbocycles. The van der Waals surface area contributed by atoms with E-state index in [1.54, 1.807) is 7.11 Å². The van der Waals surface area contributed by atoms with Gasteiger partial charge in [-0.05, 0) is 44.0 Å². The maximum Gasteiger partial charge on any atom is 0.142 e. The lowest BCUT2D eigenvalue weighted by Gasteiger charge is -2.23. The van der Waals surface area contributed by atoms with Gasteiger partial charge in [0.2, 0.25) is 0 Å². The van der Waals surface area contributed by atoms with E-state index in [4.69, 9.17) is 4.74 Å². The Bertz CT molecular complexity index is 604. The first-order valence-electron chi connectivity index (χ1n) is 8.36. The van der Waals surface area contributed by atoms with Gasteiger partial charge in [0, 0.05) is 26.2 Å². The molecule has 0 atom stereocenters. The van der Waals surface area contributed by atoms with Gasteiger partial charge in [0.1, 0.15) is 5.75 Å². The molecule has 0 radical (unpaired) electrons. The number of methoxy groups -OCH3 is 1. The second kappa shape index (κ2) is 8.59. The smallest absolute Gasteiger partial charge is 0.142 e. The topological polar surface area (TPSA) is 24.5 Å². The minimum Gasteiger partial charge on any atom is -0.495 e. The lowest BCUT2D eigenvalue weighted by Crippen LogP contribution is -2.22. The molecule has 0 unspecified atom stereocenters. The van der Waals surface area contributed by atoms with Gasteiger partial charge in [-0.15, -0.1) is 0 Å². The van der Waals surface area contributed by atoms with E-state index in [2.05, 4.69) is 73.5 Å². The van der Waals surface area contributed by atoms with E-state index in [1.165, 1.54) is 22.4 Å². The summed E-state index contributed by atoms with van der Waals surface area (Å²) in [6, 6.07) is 15.1. The van der Waals surface area contributed by atoms with Crippen LogP contribution in [0.3, 0.4) is 0 Å². The van der Waals surface area contributed by atoms with Gasteiger partial charge in [-0.1, -0.05) is 35.9 Å². The number of nitrogens with one attached hydrogen (secondary N) is 1.